The van der Waals surface area contributed by atoms with Crippen LogP contribution < -0.4 is 11.3 Å². The molecular weight excluding hydrogens is 216 g/mol. The van der Waals surface area contributed by atoms with E-state index in [0.29, 0.717) is 0 Å². The number of rotatable bonds is 3. The predicted molar refractivity (Wildman–Crippen MR) is 70.3 cm³/mol. The normalized spacial score (nSPS) is 19.0. The first-order chi connectivity index (χ1) is 7.81. The van der Waals surface area contributed by atoms with E-state index in [2.05, 4.69) is 30.6 Å². The molecule has 0 saturated heterocycles. The summed E-state index contributed by atoms with van der Waals surface area (Å²) in [4.78, 5) is 2.69. The molecule has 1 aliphatic carbocycles. The van der Waals surface area contributed by atoms with Crippen molar-refractivity contribution in [3.05, 3.63) is 33.5 Å². The topological polar surface area (TPSA) is 38.0 Å². The summed E-state index contributed by atoms with van der Waals surface area (Å²) < 4.78 is 0. The van der Waals surface area contributed by atoms with Crippen LogP contribution in [0, 0.1) is 6.92 Å². The first-order valence-corrected chi connectivity index (χ1v) is 6.84. The van der Waals surface area contributed by atoms with Crippen molar-refractivity contribution in [2.24, 2.45) is 5.84 Å². The third-order valence-electron chi connectivity index (χ3n) is 3.16. The Hall–Kier alpha value is -0.640. The van der Waals surface area contributed by atoms with Crippen LogP contribution in [0.4, 0.5) is 0 Å². The summed E-state index contributed by atoms with van der Waals surface area (Å²) in [6.07, 6.45) is 8.75. The minimum Gasteiger partial charge on any atom is -0.271 e. The largest absolute Gasteiger partial charge is 0.271 e. The number of hydrazine groups is 1. The van der Waals surface area contributed by atoms with Crippen LogP contribution in [-0.4, -0.2) is 0 Å². The maximum atomic E-state index is 5.71. The molecule has 0 radical (unpaired) electrons. The summed E-state index contributed by atoms with van der Waals surface area (Å²) in [5.41, 5.74) is 4.45. The second-order valence-electron chi connectivity index (χ2n) is 4.43. The van der Waals surface area contributed by atoms with Gasteiger partial charge in [0.25, 0.3) is 0 Å². The summed E-state index contributed by atoms with van der Waals surface area (Å²) >= 11 is 1.84. The SMILES string of the molecule is Cc1ccc(C(NN)C2=CCCCCC2)s1. The van der Waals surface area contributed by atoms with Crippen LogP contribution in [0.3, 0.4) is 0 Å². The van der Waals surface area contributed by atoms with Gasteiger partial charge in [-0.2, -0.15) is 0 Å². The fraction of sp³-hybridized carbons (Fsp3) is 0.538. The van der Waals surface area contributed by atoms with Crippen molar-refractivity contribution in [3.8, 4) is 0 Å². The first-order valence-electron chi connectivity index (χ1n) is 6.02. The van der Waals surface area contributed by atoms with E-state index < -0.39 is 0 Å². The molecule has 2 rings (SSSR count). The molecule has 16 heavy (non-hydrogen) atoms. The number of nitrogens with one attached hydrogen (secondary N) is 1. The average Bonchev–Trinajstić information content (AvgIpc) is 2.55. The van der Waals surface area contributed by atoms with Gasteiger partial charge < -0.3 is 0 Å². The maximum absolute atomic E-state index is 5.71. The van der Waals surface area contributed by atoms with Gasteiger partial charge in [0.2, 0.25) is 0 Å². The molecule has 0 aliphatic heterocycles. The zero-order valence-electron chi connectivity index (χ0n) is 9.83. The highest BCUT2D eigenvalue weighted by atomic mass is 32.1. The van der Waals surface area contributed by atoms with Gasteiger partial charge in [-0.05, 0) is 44.7 Å². The average molecular weight is 236 g/mol. The van der Waals surface area contributed by atoms with Crippen LogP contribution in [0.2, 0.25) is 0 Å². The zero-order valence-corrected chi connectivity index (χ0v) is 10.6. The third-order valence-corrected chi connectivity index (χ3v) is 4.22. The van der Waals surface area contributed by atoms with Gasteiger partial charge >= 0.3 is 0 Å². The lowest BCUT2D eigenvalue weighted by Crippen LogP contribution is -2.28. The van der Waals surface area contributed by atoms with Crippen molar-refractivity contribution in [2.75, 3.05) is 0 Å². The highest BCUT2D eigenvalue weighted by Crippen LogP contribution is 2.32. The van der Waals surface area contributed by atoms with Gasteiger partial charge in [0.15, 0.2) is 0 Å². The molecule has 3 heteroatoms. The van der Waals surface area contributed by atoms with E-state index in [1.165, 1.54) is 47.4 Å². The summed E-state index contributed by atoms with van der Waals surface area (Å²) in [7, 11) is 0. The lowest BCUT2D eigenvalue weighted by Gasteiger charge is -2.17. The zero-order chi connectivity index (χ0) is 11.4. The lowest BCUT2D eigenvalue weighted by molar-refractivity contribution is 0.600. The molecule has 1 aliphatic rings. The van der Waals surface area contributed by atoms with Gasteiger partial charge in [0.1, 0.15) is 0 Å². The molecule has 0 bridgehead atoms. The van der Waals surface area contributed by atoms with Crippen molar-refractivity contribution in [2.45, 2.75) is 45.1 Å². The lowest BCUT2D eigenvalue weighted by atomic mass is 10.0. The number of nitrogens with two attached hydrogens (primary N) is 1. The Bertz CT molecular complexity index is 368. The highest BCUT2D eigenvalue weighted by Gasteiger charge is 2.17. The van der Waals surface area contributed by atoms with E-state index in [-0.39, 0.29) is 6.04 Å². The predicted octanol–water partition coefficient (Wildman–Crippen LogP) is 3.45. The van der Waals surface area contributed by atoms with Crippen LogP contribution in [0.1, 0.15) is 47.9 Å². The monoisotopic (exact) mass is 236 g/mol. The third kappa shape index (κ3) is 2.73. The van der Waals surface area contributed by atoms with Gasteiger partial charge in [-0.1, -0.05) is 18.1 Å². The minimum atomic E-state index is 0.233. The molecule has 0 amide bonds. The van der Waals surface area contributed by atoms with Crippen molar-refractivity contribution in [1.29, 1.82) is 0 Å². The van der Waals surface area contributed by atoms with Gasteiger partial charge in [0.05, 0.1) is 6.04 Å². The standard InChI is InChI=1S/C13H20N2S/c1-10-8-9-12(16-10)13(15-14)11-6-4-2-3-5-7-11/h6,8-9,13,15H,2-5,7,14H2,1H3. The quantitative estimate of drug-likeness (QED) is 0.479. The van der Waals surface area contributed by atoms with Crippen LogP contribution in [-0.2, 0) is 0 Å². The van der Waals surface area contributed by atoms with Crippen molar-refractivity contribution < 1.29 is 0 Å². The van der Waals surface area contributed by atoms with Crippen molar-refractivity contribution >= 4 is 11.3 Å². The van der Waals surface area contributed by atoms with Gasteiger partial charge in [-0.15, -0.1) is 11.3 Å². The molecule has 1 aromatic rings. The Kier molecular flexibility index (Phi) is 4.16. The Balaban J connectivity index is 2.18. The van der Waals surface area contributed by atoms with Gasteiger partial charge in [-0.25, -0.2) is 5.43 Å². The number of aryl methyl sites for hydroxylation is 1. The van der Waals surface area contributed by atoms with Crippen LogP contribution in [0.15, 0.2) is 23.8 Å². The molecule has 1 atom stereocenters. The molecule has 1 heterocycles. The molecule has 0 saturated carbocycles. The first kappa shape index (κ1) is 11.8. The minimum absolute atomic E-state index is 0.233. The summed E-state index contributed by atoms with van der Waals surface area (Å²) in [6, 6.07) is 4.59. The fourth-order valence-corrected chi connectivity index (χ4v) is 3.26. The van der Waals surface area contributed by atoms with E-state index in [9.17, 15) is 0 Å². The molecule has 88 valence electrons. The molecule has 1 unspecified atom stereocenters. The van der Waals surface area contributed by atoms with Gasteiger partial charge in [-0.3, -0.25) is 5.84 Å². The maximum Gasteiger partial charge on any atom is 0.0762 e. The summed E-state index contributed by atoms with van der Waals surface area (Å²) in [5, 5.41) is 0. The smallest absolute Gasteiger partial charge is 0.0762 e. The van der Waals surface area contributed by atoms with Crippen molar-refractivity contribution in [3.63, 3.8) is 0 Å². The van der Waals surface area contributed by atoms with Crippen LogP contribution in [0.25, 0.3) is 0 Å². The van der Waals surface area contributed by atoms with E-state index in [4.69, 9.17) is 5.84 Å². The molecule has 3 N–H and O–H groups in total. The van der Waals surface area contributed by atoms with E-state index in [0.717, 1.165) is 0 Å². The van der Waals surface area contributed by atoms with E-state index >= 15 is 0 Å². The van der Waals surface area contributed by atoms with Crippen LogP contribution in [0.5, 0.6) is 0 Å². The Morgan fingerprint density at radius 3 is 2.88 bits per heavy atom. The number of hydrogen-bond acceptors (Lipinski definition) is 3. The Labute approximate surface area is 102 Å². The molecule has 2 nitrogen and oxygen atoms in total. The van der Waals surface area contributed by atoms with Gasteiger partial charge in [0, 0.05) is 9.75 Å². The molecule has 0 spiro atoms. The second kappa shape index (κ2) is 5.62. The van der Waals surface area contributed by atoms with Crippen LogP contribution >= 0.6 is 11.3 Å². The fourth-order valence-electron chi connectivity index (χ4n) is 2.28. The number of hydrogen-bond donors (Lipinski definition) is 2. The van der Waals surface area contributed by atoms with Crippen molar-refractivity contribution in [1.82, 2.24) is 5.43 Å². The number of thiophene rings is 1. The second-order valence-corrected chi connectivity index (χ2v) is 5.75. The molecule has 0 fully saturated rings. The Morgan fingerprint density at radius 1 is 1.31 bits per heavy atom. The summed E-state index contributed by atoms with van der Waals surface area (Å²) in [6.45, 7) is 2.14. The van der Waals surface area contributed by atoms with E-state index in [1.54, 1.807) is 0 Å². The van der Waals surface area contributed by atoms with E-state index in [1.807, 2.05) is 11.3 Å². The molecular formula is C13H20N2S. The molecule has 0 aromatic carbocycles. The Morgan fingerprint density at radius 2 is 2.19 bits per heavy atom. The molecule has 1 aromatic heterocycles. The highest BCUT2D eigenvalue weighted by molar-refractivity contribution is 7.12. The summed E-state index contributed by atoms with van der Waals surface area (Å²) in [5.74, 6) is 5.71. The number of allylic oxidation sites excluding steroid dienone is 1.